The molecule has 0 bridgehead atoms. The zero-order chi connectivity index (χ0) is 19.9. The van der Waals surface area contributed by atoms with E-state index < -0.39 is 0 Å². The molecule has 0 unspecified atom stereocenters. The molecule has 8 heteroatoms. The fourth-order valence-corrected chi connectivity index (χ4v) is 3.05. The van der Waals surface area contributed by atoms with Gasteiger partial charge < -0.3 is 19.9 Å². The van der Waals surface area contributed by atoms with Gasteiger partial charge in [0.2, 0.25) is 11.9 Å². The van der Waals surface area contributed by atoms with Crippen LogP contribution in [0.25, 0.3) is 0 Å². The largest absolute Gasteiger partial charge is 0.497 e. The second-order valence-corrected chi connectivity index (χ2v) is 6.59. The first-order valence-corrected chi connectivity index (χ1v) is 9.31. The summed E-state index contributed by atoms with van der Waals surface area (Å²) in [4.78, 5) is 36.3. The number of piperazine rings is 1. The highest BCUT2D eigenvalue weighted by atomic mass is 16.5. The van der Waals surface area contributed by atoms with Crippen LogP contribution in [0.2, 0.25) is 0 Å². The smallest absolute Gasteiger partial charge is 0.270 e. The molecule has 0 saturated carbocycles. The molecule has 148 valence electrons. The number of rotatable bonds is 6. The molecular weight excluding hydrogens is 358 g/mol. The van der Waals surface area contributed by atoms with Crippen molar-refractivity contribution < 1.29 is 14.3 Å². The van der Waals surface area contributed by atoms with Crippen LogP contribution in [0.1, 0.15) is 23.0 Å². The van der Waals surface area contributed by atoms with Gasteiger partial charge in [-0.3, -0.25) is 9.59 Å². The number of nitrogens with one attached hydrogen (secondary N) is 1. The summed E-state index contributed by atoms with van der Waals surface area (Å²) >= 11 is 0. The van der Waals surface area contributed by atoms with Crippen LogP contribution in [0.3, 0.4) is 0 Å². The average Bonchev–Trinajstić information content (AvgIpc) is 2.74. The lowest BCUT2D eigenvalue weighted by molar-refractivity contribution is -0.129. The molecule has 0 atom stereocenters. The molecular formula is C20H25N5O3. The molecule has 1 aliphatic rings. The Balaban J connectivity index is 1.53. The zero-order valence-corrected chi connectivity index (χ0v) is 16.2. The molecule has 8 nitrogen and oxygen atoms in total. The first-order valence-electron chi connectivity index (χ1n) is 9.31. The molecule has 1 aliphatic heterocycles. The van der Waals surface area contributed by atoms with Crippen LogP contribution in [-0.4, -0.2) is 66.5 Å². The molecule has 0 spiro atoms. The van der Waals surface area contributed by atoms with E-state index in [1.165, 1.54) is 0 Å². The normalized spacial score (nSPS) is 13.9. The number of amides is 2. The van der Waals surface area contributed by atoms with Crippen molar-refractivity contribution in [2.45, 2.75) is 13.3 Å². The lowest BCUT2D eigenvalue weighted by atomic mass is 10.1. The number of anilines is 1. The Morgan fingerprint density at radius 2 is 1.82 bits per heavy atom. The van der Waals surface area contributed by atoms with Crippen LogP contribution < -0.4 is 15.0 Å². The molecule has 1 N–H and O–H groups in total. The van der Waals surface area contributed by atoms with Crippen molar-refractivity contribution >= 4 is 17.8 Å². The minimum atomic E-state index is -0.223. The van der Waals surface area contributed by atoms with Gasteiger partial charge >= 0.3 is 0 Å². The third kappa shape index (κ3) is 4.97. The van der Waals surface area contributed by atoms with E-state index in [1.54, 1.807) is 31.2 Å². The Morgan fingerprint density at radius 3 is 2.46 bits per heavy atom. The number of benzene rings is 1. The number of aromatic nitrogens is 2. The SMILES string of the molecule is COc1ccc(CCNC(=O)c2ccnc(N3CCN(C(C)=O)CC3)n2)cc1. The van der Waals surface area contributed by atoms with Crippen molar-refractivity contribution in [3.05, 3.63) is 47.8 Å². The van der Waals surface area contributed by atoms with Gasteiger partial charge in [0.25, 0.3) is 5.91 Å². The minimum absolute atomic E-state index is 0.0746. The average molecular weight is 383 g/mol. The highest BCUT2D eigenvalue weighted by Gasteiger charge is 2.21. The van der Waals surface area contributed by atoms with Crippen molar-refractivity contribution in [3.8, 4) is 5.75 Å². The molecule has 1 aromatic heterocycles. The summed E-state index contributed by atoms with van der Waals surface area (Å²) in [5, 5.41) is 2.90. The lowest BCUT2D eigenvalue weighted by Crippen LogP contribution is -2.48. The highest BCUT2D eigenvalue weighted by Crippen LogP contribution is 2.13. The number of hydrogen-bond donors (Lipinski definition) is 1. The predicted octanol–water partition coefficient (Wildman–Crippen LogP) is 1.13. The van der Waals surface area contributed by atoms with Gasteiger partial charge in [0.1, 0.15) is 11.4 Å². The topological polar surface area (TPSA) is 87.7 Å². The van der Waals surface area contributed by atoms with E-state index >= 15 is 0 Å². The highest BCUT2D eigenvalue weighted by molar-refractivity contribution is 5.92. The molecule has 1 aromatic carbocycles. The van der Waals surface area contributed by atoms with Gasteiger partial charge in [0.15, 0.2) is 0 Å². The first-order chi connectivity index (χ1) is 13.6. The molecule has 1 fully saturated rings. The van der Waals surface area contributed by atoms with Crippen LogP contribution in [0.15, 0.2) is 36.5 Å². The first kappa shape index (κ1) is 19.6. The molecule has 2 aromatic rings. The van der Waals surface area contributed by atoms with E-state index in [0.29, 0.717) is 44.4 Å². The Kier molecular flexibility index (Phi) is 6.41. The monoisotopic (exact) mass is 383 g/mol. The number of nitrogens with zero attached hydrogens (tertiary/aromatic N) is 4. The summed E-state index contributed by atoms with van der Waals surface area (Å²) in [7, 11) is 1.63. The molecule has 1 saturated heterocycles. The fourth-order valence-electron chi connectivity index (χ4n) is 3.05. The van der Waals surface area contributed by atoms with E-state index in [-0.39, 0.29) is 11.8 Å². The van der Waals surface area contributed by atoms with Gasteiger partial charge in [-0.15, -0.1) is 0 Å². The predicted molar refractivity (Wildman–Crippen MR) is 106 cm³/mol. The van der Waals surface area contributed by atoms with Gasteiger partial charge in [0, 0.05) is 45.8 Å². The van der Waals surface area contributed by atoms with Crippen LogP contribution >= 0.6 is 0 Å². The number of carbonyl (C=O) groups is 2. The molecule has 2 amide bonds. The van der Waals surface area contributed by atoms with Crippen molar-refractivity contribution in [1.29, 1.82) is 0 Å². The van der Waals surface area contributed by atoms with Gasteiger partial charge in [0.05, 0.1) is 7.11 Å². The number of carbonyl (C=O) groups excluding carboxylic acids is 2. The summed E-state index contributed by atoms with van der Waals surface area (Å²) in [6, 6.07) is 9.38. The van der Waals surface area contributed by atoms with E-state index in [9.17, 15) is 9.59 Å². The maximum atomic E-state index is 12.4. The second kappa shape index (κ2) is 9.16. The fraction of sp³-hybridized carbons (Fsp3) is 0.400. The molecule has 0 aliphatic carbocycles. The number of methoxy groups -OCH3 is 1. The van der Waals surface area contributed by atoms with Gasteiger partial charge in [-0.25, -0.2) is 9.97 Å². The van der Waals surface area contributed by atoms with Crippen molar-refractivity contribution in [1.82, 2.24) is 20.2 Å². The number of hydrogen-bond acceptors (Lipinski definition) is 6. The third-order valence-electron chi connectivity index (χ3n) is 4.74. The molecule has 28 heavy (non-hydrogen) atoms. The Hall–Kier alpha value is -3.16. The molecule has 3 rings (SSSR count). The van der Waals surface area contributed by atoms with E-state index in [0.717, 1.165) is 17.7 Å². The van der Waals surface area contributed by atoms with Gasteiger partial charge in [-0.1, -0.05) is 12.1 Å². The minimum Gasteiger partial charge on any atom is -0.497 e. The van der Waals surface area contributed by atoms with Crippen molar-refractivity contribution in [2.75, 3.05) is 44.7 Å². The maximum absolute atomic E-state index is 12.4. The summed E-state index contributed by atoms with van der Waals surface area (Å²) in [5.41, 5.74) is 1.46. The summed E-state index contributed by atoms with van der Waals surface area (Å²) in [5.74, 6) is 1.18. The Labute approximate surface area is 164 Å². The van der Waals surface area contributed by atoms with Crippen LogP contribution in [0.4, 0.5) is 5.95 Å². The van der Waals surface area contributed by atoms with Crippen molar-refractivity contribution in [3.63, 3.8) is 0 Å². The van der Waals surface area contributed by atoms with E-state index in [1.807, 2.05) is 29.2 Å². The van der Waals surface area contributed by atoms with Crippen molar-refractivity contribution in [2.24, 2.45) is 0 Å². The van der Waals surface area contributed by atoms with Crippen LogP contribution in [0, 0.1) is 0 Å². The Morgan fingerprint density at radius 1 is 1.11 bits per heavy atom. The van der Waals surface area contributed by atoms with Gasteiger partial charge in [-0.2, -0.15) is 0 Å². The maximum Gasteiger partial charge on any atom is 0.270 e. The zero-order valence-electron chi connectivity index (χ0n) is 16.2. The van der Waals surface area contributed by atoms with E-state index in [4.69, 9.17) is 4.74 Å². The van der Waals surface area contributed by atoms with Crippen LogP contribution in [-0.2, 0) is 11.2 Å². The molecule has 0 radical (unpaired) electrons. The third-order valence-corrected chi connectivity index (χ3v) is 4.74. The summed E-state index contributed by atoms with van der Waals surface area (Å²) in [6.45, 7) is 4.67. The van der Waals surface area contributed by atoms with E-state index in [2.05, 4.69) is 15.3 Å². The Bertz CT molecular complexity index is 817. The second-order valence-electron chi connectivity index (χ2n) is 6.59. The van der Waals surface area contributed by atoms with Gasteiger partial charge in [-0.05, 0) is 30.2 Å². The standard InChI is InChI=1S/C20H25N5O3/c1-15(26)24-11-13-25(14-12-24)20-22-10-8-18(23-20)19(27)21-9-7-16-3-5-17(28-2)6-4-16/h3-6,8,10H,7,9,11-14H2,1-2H3,(H,21,27). The quantitative estimate of drug-likeness (QED) is 0.805. The number of ether oxygens (including phenoxy) is 1. The summed E-state index contributed by atoms with van der Waals surface area (Å²) < 4.78 is 5.14. The molecule has 2 heterocycles. The summed E-state index contributed by atoms with van der Waals surface area (Å²) in [6.07, 6.45) is 2.32. The van der Waals surface area contributed by atoms with Crippen LogP contribution in [0.5, 0.6) is 5.75 Å². The lowest BCUT2D eigenvalue weighted by Gasteiger charge is -2.34.